The van der Waals surface area contributed by atoms with Gasteiger partial charge in [0.1, 0.15) is 16.9 Å². The van der Waals surface area contributed by atoms with E-state index in [2.05, 4.69) is 32.1 Å². The minimum atomic E-state index is -1.24. The molecule has 37 heavy (non-hydrogen) atoms. The Kier molecular flexibility index (Phi) is 6.94. The molecule has 200 valence electrons. The maximum atomic E-state index is 15.3. The predicted molar refractivity (Wildman–Crippen MR) is 143 cm³/mol. The quantitative estimate of drug-likeness (QED) is 0.423. The van der Waals surface area contributed by atoms with Crippen LogP contribution in [-0.4, -0.2) is 65.9 Å². The van der Waals surface area contributed by atoms with Crippen molar-refractivity contribution in [1.29, 1.82) is 0 Å². The van der Waals surface area contributed by atoms with E-state index in [0.29, 0.717) is 39.5 Å². The normalized spacial score (nSPS) is 24.7. The van der Waals surface area contributed by atoms with Crippen molar-refractivity contribution in [3.05, 3.63) is 35.0 Å². The fourth-order valence-corrected chi connectivity index (χ4v) is 6.25. The number of nitrogens with one attached hydrogen (secondary N) is 1. The second kappa shape index (κ2) is 9.76. The van der Waals surface area contributed by atoms with Gasteiger partial charge < -0.3 is 20.1 Å². The Hall–Kier alpha value is -2.33. The van der Waals surface area contributed by atoms with Crippen LogP contribution in [0.2, 0.25) is 5.02 Å². The highest BCUT2D eigenvalue weighted by molar-refractivity contribution is 6.33. The minimum Gasteiger partial charge on any atom is -0.389 e. The molecule has 3 aliphatic rings. The van der Waals surface area contributed by atoms with Gasteiger partial charge in [0.2, 0.25) is 5.95 Å². The van der Waals surface area contributed by atoms with Crippen LogP contribution >= 0.6 is 11.6 Å². The molecule has 4 atom stereocenters. The zero-order valence-corrected chi connectivity index (χ0v) is 22.8. The number of hydrogen-bond acceptors (Lipinski definition) is 7. The van der Waals surface area contributed by atoms with Crippen molar-refractivity contribution in [2.24, 2.45) is 5.92 Å². The van der Waals surface area contributed by atoms with E-state index >= 15 is 4.39 Å². The zero-order valence-electron chi connectivity index (χ0n) is 22.0. The van der Waals surface area contributed by atoms with Gasteiger partial charge in [0.15, 0.2) is 5.82 Å². The molecule has 2 aromatic heterocycles. The molecule has 3 aromatic rings. The van der Waals surface area contributed by atoms with Crippen LogP contribution in [0.15, 0.2) is 18.3 Å². The number of hydrogen-bond donors (Lipinski definition) is 3. The second-order valence-electron chi connectivity index (χ2n) is 11.2. The smallest absolute Gasteiger partial charge is 0.223 e. The molecule has 0 spiro atoms. The first kappa shape index (κ1) is 26.3. The van der Waals surface area contributed by atoms with E-state index in [1.165, 1.54) is 12.3 Å². The molecule has 6 rings (SSSR count). The van der Waals surface area contributed by atoms with E-state index in [9.17, 15) is 10.2 Å². The summed E-state index contributed by atoms with van der Waals surface area (Å²) in [4.78, 5) is 15.8. The Morgan fingerprint density at radius 3 is 2.68 bits per heavy atom. The van der Waals surface area contributed by atoms with Crippen LogP contribution in [-0.2, 0) is 5.60 Å². The van der Waals surface area contributed by atoms with E-state index in [0.717, 1.165) is 32.4 Å². The van der Waals surface area contributed by atoms with E-state index in [4.69, 9.17) is 11.6 Å². The average molecular weight is 531 g/mol. The van der Waals surface area contributed by atoms with Crippen molar-refractivity contribution >= 4 is 28.6 Å². The lowest BCUT2D eigenvalue weighted by atomic mass is 9.94. The number of aliphatic hydroxyl groups excluding tert-OH is 1. The van der Waals surface area contributed by atoms with Crippen LogP contribution in [0.1, 0.15) is 65.7 Å². The Balaban J connectivity index is 1.52. The standard InChI is InChI=1S/C27H36ClFN6O2/c1-6-34-13-15-7-8-20(34)24(36)19(9-15)31-26-30-12-17(28)22(33-26)16-10-18(29)23-21(11-16)35(14(2)3)25(32-23)27(4,5)37/h10-12,14-15,19-20,24,36-37H,6-9,13H2,1-5H3,(H,30,31,33)/t15?,19-,20?,24?/m1/s1. The number of aliphatic hydroxyl groups is 2. The summed E-state index contributed by atoms with van der Waals surface area (Å²) < 4.78 is 17.2. The summed E-state index contributed by atoms with van der Waals surface area (Å²) in [6.45, 7) is 11.3. The van der Waals surface area contributed by atoms with Gasteiger partial charge in [0, 0.05) is 24.2 Å². The molecule has 3 unspecified atom stereocenters. The van der Waals surface area contributed by atoms with Gasteiger partial charge in [0.25, 0.3) is 0 Å². The summed E-state index contributed by atoms with van der Waals surface area (Å²) in [5.74, 6) is 0.734. The van der Waals surface area contributed by atoms with Gasteiger partial charge >= 0.3 is 0 Å². The van der Waals surface area contributed by atoms with Crippen LogP contribution in [0.3, 0.4) is 0 Å². The molecule has 1 aromatic carbocycles. The third-order valence-corrected chi connectivity index (χ3v) is 8.05. The highest BCUT2D eigenvalue weighted by Crippen LogP contribution is 2.37. The Morgan fingerprint density at radius 1 is 1.24 bits per heavy atom. The third-order valence-electron chi connectivity index (χ3n) is 7.78. The van der Waals surface area contributed by atoms with Crippen molar-refractivity contribution in [1.82, 2.24) is 24.4 Å². The molecule has 2 aliphatic heterocycles. The minimum absolute atomic E-state index is 0.0612. The largest absolute Gasteiger partial charge is 0.389 e. The molecule has 0 radical (unpaired) electrons. The molecule has 1 saturated carbocycles. The number of imidazole rings is 1. The maximum absolute atomic E-state index is 15.3. The molecule has 8 nitrogen and oxygen atoms in total. The zero-order chi connectivity index (χ0) is 26.6. The van der Waals surface area contributed by atoms with E-state index < -0.39 is 17.5 Å². The van der Waals surface area contributed by atoms with E-state index in [1.54, 1.807) is 19.9 Å². The average Bonchev–Trinajstić information content (AvgIpc) is 3.13. The number of halogens is 2. The predicted octanol–water partition coefficient (Wildman–Crippen LogP) is 4.74. The van der Waals surface area contributed by atoms with Crippen molar-refractivity contribution in [3.63, 3.8) is 0 Å². The van der Waals surface area contributed by atoms with E-state index in [-0.39, 0.29) is 23.6 Å². The molecule has 2 saturated heterocycles. The molecular formula is C27H36ClFN6O2. The lowest BCUT2D eigenvalue weighted by Gasteiger charge is -2.37. The first-order valence-electron chi connectivity index (χ1n) is 13.1. The fourth-order valence-electron chi connectivity index (χ4n) is 6.05. The van der Waals surface area contributed by atoms with Crippen LogP contribution in [0.25, 0.3) is 22.3 Å². The summed E-state index contributed by atoms with van der Waals surface area (Å²) in [6, 6.07) is 3.04. The van der Waals surface area contributed by atoms with Gasteiger partial charge in [-0.3, -0.25) is 4.90 Å². The van der Waals surface area contributed by atoms with Crippen molar-refractivity contribution in [2.75, 3.05) is 18.4 Å². The molecule has 1 aliphatic carbocycles. The van der Waals surface area contributed by atoms with Crippen molar-refractivity contribution in [2.45, 2.75) is 83.7 Å². The van der Waals surface area contributed by atoms with Gasteiger partial charge in [-0.15, -0.1) is 0 Å². The Morgan fingerprint density at radius 2 is 2.00 bits per heavy atom. The molecule has 0 amide bonds. The van der Waals surface area contributed by atoms with Gasteiger partial charge in [0.05, 0.1) is 34.6 Å². The number of benzene rings is 1. The van der Waals surface area contributed by atoms with Crippen LogP contribution in [0.5, 0.6) is 0 Å². The number of aromatic nitrogens is 4. The molecule has 3 fully saturated rings. The summed E-state index contributed by atoms with van der Waals surface area (Å²) in [5.41, 5.74) is 0.384. The fraction of sp³-hybridized carbons (Fsp3) is 0.593. The van der Waals surface area contributed by atoms with Crippen LogP contribution < -0.4 is 5.32 Å². The molecule has 10 heteroatoms. The summed E-state index contributed by atoms with van der Waals surface area (Å²) in [7, 11) is 0. The summed E-state index contributed by atoms with van der Waals surface area (Å²) in [6.07, 6.45) is 3.90. The molecule has 2 bridgehead atoms. The Labute approximate surface area is 221 Å². The third kappa shape index (κ3) is 4.82. The van der Waals surface area contributed by atoms with Crippen LogP contribution in [0, 0.1) is 11.7 Å². The maximum Gasteiger partial charge on any atom is 0.223 e. The number of likely N-dealkylation sites (N-methyl/N-ethyl adjacent to an activating group) is 1. The summed E-state index contributed by atoms with van der Waals surface area (Å²) in [5, 5.41) is 25.5. The molecule has 4 heterocycles. The lowest BCUT2D eigenvalue weighted by Crippen LogP contribution is -2.49. The van der Waals surface area contributed by atoms with Crippen molar-refractivity contribution < 1.29 is 14.6 Å². The molecule has 3 N–H and O–H groups in total. The number of piperidine rings is 1. The number of fused-ring (bicyclic) bond motifs is 5. The van der Waals surface area contributed by atoms with Crippen LogP contribution in [0.4, 0.5) is 10.3 Å². The lowest BCUT2D eigenvalue weighted by molar-refractivity contribution is 0.0340. The SMILES string of the molecule is CCN1CC2CCC1C(O)[C@H](Nc1ncc(Cl)c(-c3cc(F)c4nc(C(C)(C)O)n(C(C)C)c4c3)n1)C2. The number of nitrogens with zero attached hydrogens (tertiary/aromatic N) is 5. The second-order valence-corrected chi connectivity index (χ2v) is 11.7. The highest BCUT2D eigenvalue weighted by Gasteiger charge is 2.41. The topological polar surface area (TPSA) is 99.3 Å². The van der Waals surface area contributed by atoms with Gasteiger partial charge in [-0.25, -0.2) is 19.3 Å². The number of rotatable bonds is 6. The number of anilines is 1. The summed E-state index contributed by atoms with van der Waals surface area (Å²) >= 11 is 6.51. The monoisotopic (exact) mass is 530 g/mol. The van der Waals surface area contributed by atoms with Gasteiger partial charge in [-0.05, 0) is 71.6 Å². The van der Waals surface area contributed by atoms with Gasteiger partial charge in [-0.2, -0.15) is 0 Å². The first-order valence-corrected chi connectivity index (χ1v) is 13.5. The first-order chi connectivity index (χ1) is 17.5. The van der Waals surface area contributed by atoms with Crippen molar-refractivity contribution in [3.8, 4) is 11.3 Å². The van der Waals surface area contributed by atoms with E-state index in [1.807, 2.05) is 18.4 Å². The molecular weight excluding hydrogens is 495 g/mol. The highest BCUT2D eigenvalue weighted by atomic mass is 35.5. The Bertz CT molecular complexity index is 1310. The van der Waals surface area contributed by atoms with Gasteiger partial charge in [-0.1, -0.05) is 18.5 Å².